The van der Waals surface area contributed by atoms with Gasteiger partial charge in [-0.2, -0.15) is 0 Å². The molecule has 2 N–H and O–H groups in total. The summed E-state index contributed by atoms with van der Waals surface area (Å²) in [6, 6.07) is 4.64. The van der Waals surface area contributed by atoms with Crippen molar-refractivity contribution < 1.29 is 13.5 Å². The van der Waals surface area contributed by atoms with Gasteiger partial charge >= 0.3 is 0 Å². The minimum atomic E-state index is -3.51. The number of sulfonamides is 1. The highest BCUT2D eigenvalue weighted by Gasteiger charge is 2.14. The van der Waals surface area contributed by atoms with Crippen molar-refractivity contribution in [2.45, 2.75) is 31.6 Å². The van der Waals surface area contributed by atoms with Crippen LogP contribution in [0.2, 0.25) is 10.0 Å². The molecule has 1 unspecified atom stereocenters. The second-order valence-corrected chi connectivity index (χ2v) is 7.01. The van der Waals surface area contributed by atoms with Crippen LogP contribution in [0.4, 0.5) is 0 Å². The Bertz CT molecular complexity index is 499. The van der Waals surface area contributed by atoms with Gasteiger partial charge in [-0.15, -0.1) is 0 Å². The predicted octanol–water partition coefficient (Wildman–Crippen LogP) is 2.57. The Morgan fingerprint density at radius 1 is 1.26 bits per heavy atom. The maximum absolute atomic E-state index is 11.8. The number of rotatable bonds is 7. The molecule has 0 aliphatic carbocycles. The molecule has 0 aliphatic rings. The summed E-state index contributed by atoms with van der Waals surface area (Å²) in [6.45, 7) is 1.94. The van der Waals surface area contributed by atoms with E-state index < -0.39 is 16.1 Å². The molecule has 0 fully saturated rings. The zero-order valence-electron chi connectivity index (χ0n) is 10.6. The smallest absolute Gasteiger partial charge is 0.215 e. The van der Waals surface area contributed by atoms with E-state index in [1.165, 1.54) is 6.07 Å². The minimum absolute atomic E-state index is 0.0183. The number of halogens is 2. The third kappa shape index (κ3) is 6.58. The van der Waals surface area contributed by atoms with Crippen LogP contribution in [-0.4, -0.2) is 26.2 Å². The molecule has 0 amide bonds. The maximum Gasteiger partial charge on any atom is 0.215 e. The van der Waals surface area contributed by atoms with Gasteiger partial charge in [0, 0.05) is 16.6 Å². The Labute approximate surface area is 123 Å². The highest BCUT2D eigenvalue weighted by molar-refractivity contribution is 7.88. The third-order valence-electron chi connectivity index (χ3n) is 2.44. The van der Waals surface area contributed by atoms with Crippen LogP contribution >= 0.6 is 23.2 Å². The SMILES string of the molecule is CCCC(O)CNS(=O)(=O)Cc1cc(Cl)cc(Cl)c1. The molecule has 4 nitrogen and oxygen atoms in total. The topological polar surface area (TPSA) is 66.4 Å². The van der Waals surface area contributed by atoms with Crippen molar-refractivity contribution in [3.8, 4) is 0 Å². The molecule has 0 heterocycles. The molecular weight excluding hydrogens is 309 g/mol. The standard InChI is InChI=1S/C12H17Cl2NO3S/c1-2-3-12(16)7-15-19(17,18)8-9-4-10(13)6-11(14)5-9/h4-6,12,15-16H,2-3,7-8H2,1H3. The molecule has 0 radical (unpaired) electrons. The number of aliphatic hydroxyl groups is 1. The Morgan fingerprint density at radius 3 is 2.37 bits per heavy atom. The molecule has 1 atom stereocenters. The molecule has 0 aliphatic heterocycles. The van der Waals surface area contributed by atoms with E-state index in [-0.39, 0.29) is 12.3 Å². The zero-order valence-corrected chi connectivity index (χ0v) is 12.9. The lowest BCUT2D eigenvalue weighted by Gasteiger charge is -2.11. The highest BCUT2D eigenvalue weighted by atomic mass is 35.5. The van der Waals surface area contributed by atoms with Gasteiger partial charge in [-0.3, -0.25) is 0 Å². The number of benzene rings is 1. The van der Waals surface area contributed by atoms with Gasteiger partial charge in [0.1, 0.15) is 0 Å². The molecule has 1 rings (SSSR count). The van der Waals surface area contributed by atoms with E-state index in [1.807, 2.05) is 6.92 Å². The normalized spacial score (nSPS) is 13.5. The Hall–Kier alpha value is -0.330. The quantitative estimate of drug-likeness (QED) is 0.809. The summed E-state index contributed by atoms with van der Waals surface area (Å²) >= 11 is 11.6. The van der Waals surface area contributed by atoms with Gasteiger partial charge in [-0.25, -0.2) is 13.1 Å². The van der Waals surface area contributed by atoms with Crippen molar-refractivity contribution in [1.29, 1.82) is 0 Å². The fraction of sp³-hybridized carbons (Fsp3) is 0.500. The van der Waals surface area contributed by atoms with Gasteiger partial charge in [0.15, 0.2) is 0 Å². The van der Waals surface area contributed by atoms with Crippen molar-refractivity contribution in [2.24, 2.45) is 0 Å². The lowest BCUT2D eigenvalue weighted by molar-refractivity contribution is 0.167. The first-order valence-electron chi connectivity index (χ1n) is 5.93. The summed E-state index contributed by atoms with van der Waals surface area (Å²) in [7, 11) is -3.51. The molecule has 108 valence electrons. The van der Waals surface area contributed by atoms with Crippen LogP contribution in [-0.2, 0) is 15.8 Å². The molecule has 0 aromatic heterocycles. The molecule has 0 bridgehead atoms. The van der Waals surface area contributed by atoms with Gasteiger partial charge in [0.05, 0.1) is 11.9 Å². The fourth-order valence-corrected chi connectivity index (χ4v) is 3.35. The van der Waals surface area contributed by atoms with Gasteiger partial charge in [0.25, 0.3) is 0 Å². The lowest BCUT2D eigenvalue weighted by atomic mass is 10.2. The predicted molar refractivity (Wildman–Crippen MR) is 78.0 cm³/mol. The van der Waals surface area contributed by atoms with Crippen LogP contribution in [0.15, 0.2) is 18.2 Å². The molecule has 0 spiro atoms. The van der Waals surface area contributed by atoms with Crippen LogP contribution < -0.4 is 4.72 Å². The summed E-state index contributed by atoms with van der Waals surface area (Å²) in [5, 5.41) is 10.3. The summed E-state index contributed by atoms with van der Waals surface area (Å²) in [5.41, 5.74) is 0.509. The van der Waals surface area contributed by atoms with Gasteiger partial charge in [0.2, 0.25) is 10.0 Å². The van der Waals surface area contributed by atoms with Crippen LogP contribution in [0.5, 0.6) is 0 Å². The van der Waals surface area contributed by atoms with Crippen molar-refractivity contribution in [2.75, 3.05) is 6.54 Å². The van der Waals surface area contributed by atoms with Crippen LogP contribution in [0, 0.1) is 0 Å². The fourth-order valence-electron chi connectivity index (χ4n) is 1.62. The maximum atomic E-state index is 11.8. The summed E-state index contributed by atoms with van der Waals surface area (Å²) in [6.07, 6.45) is 0.695. The number of hydrogen-bond donors (Lipinski definition) is 2. The van der Waals surface area contributed by atoms with E-state index >= 15 is 0 Å². The van der Waals surface area contributed by atoms with Gasteiger partial charge in [-0.05, 0) is 30.2 Å². The number of aliphatic hydroxyl groups excluding tert-OH is 1. The average Bonchev–Trinajstić information content (AvgIpc) is 2.25. The summed E-state index contributed by atoms with van der Waals surface area (Å²) < 4.78 is 26.0. The van der Waals surface area contributed by atoms with E-state index in [0.29, 0.717) is 22.0 Å². The first kappa shape index (κ1) is 16.7. The average molecular weight is 326 g/mol. The zero-order chi connectivity index (χ0) is 14.5. The highest BCUT2D eigenvalue weighted by Crippen LogP contribution is 2.20. The minimum Gasteiger partial charge on any atom is -0.392 e. The second kappa shape index (κ2) is 7.45. The van der Waals surface area contributed by atoms with Gasteiger partial charge < -0.3 is 5.11 Å². The van der Waals surface area contributed by atoms with Crippen LogP contribution in [0.1, 0.15) is 25.3 Å². The first-order chi connectivity index (χ1) is 8.82. The number of hydrogen-bond acceptors (Lipinski definition) is 3. The Kier molecular flexibility index (Phi) is 6.56. The van der Waals surface area contributed by atoms with Crippen molar-refractivity contribution >= 4 is 33.2 Å². The molecule has 0 saturated carbocycles. The summed E-state index contributed by atoms with van der Waals surface area (Å²) in [5.74, 6) is -0.216. The molecule has 1 aromatic carbocycles. The van der Waals surface area contributed by atoms with Crippen molar-refractivity contribution in [3.05, 3.63) is 33.8 Å². The molecule has 7 heteroatoms. The number of nitrogens with one attached hydrogen (secondary N) is 1. The Balaban J connectivity index is 2.63. The molecule has 1 aromatic rings. The van der Waals surface area contributed by atoms with E-state index in [4.69, 9.17) is 23.2 Å². The second-order valence-electron chi connectivity index (χ2n) is 4.33. The largest absolute Gasteiger partial charge is 0.392 e. The first-order valence-corrected chi connectivity index (χ1v) is 8.33. The third-order valence-corrected chi connectivity index (χ3v) is 4.20. The van der Waals surface area contributed by atoms with Crippen LogP contribution in [0.25, 0.3) is 0 Å². The Morgan fingerprint density at radius 2 is 1.84 bits per heavy atom. The van der Waals surface area contributed by atoms with Gasteiger partial charge in [-0.1, -0.05) is 36.5 Å². The van der Waals surface area contributed by atoms with E-state index in [0.717, 1.165) is 6.42 Å². The molecule has 0 saturated heterocycles. The van der Waals surface area contributed by atoms with E-state index in [2.05, 4.69) is 4.72 Å². The van der Waals surface area contributed by atoms with Crippen LogP contribution in [0.3, 0.4) is 0 Å². The lowest BCUT2D eigenvalue weighted by Crippen LogP contribution is -2.32. The van der Waals surface area contributed by atoms with Crippen molar-refractivity contribution in [3.63, 3.8) is 0 Å². The molecule has 19 heavy (non-hydrogen) atoms. The van der Waals surface area contributed by atoms with E-state index in [1.54, 1.807) is 12.1 Å². The monoisotopic (exact) mass is 325 g/mol. The van der Waals surface area contributed by atoms with Crippen molar-refractivity contribution in [1.82, 2.24) is 4.72 Å². The summed E-state index contributed by atoms with van der Waals surface area (Å²) in [4.78, 5) is 0. The van der Waals surface area contributed by atoms with E-state index in [9.17, 15) is 13.5 Å². The molecular formula is C12H17Cl2NO3S.